The third kappa shape index (κ3) is 3.58. The molecule has 0 N–H and O–H groups in total. The van der Waals surface area contributed by atoms with Crippen LogP contribution in [0.15, 0.2) is 11.7 Å². The summed E-state index contributed by atoms with van der Waals surface area (Å²) >= 11 is 1.60. The Morgan fingerprint density at radius 3 is 2.80 bits per heavy atom. The van der Waals surface area contributed by atoms with Gasteiger partial charge in [0, 0.05) is 49.0 Å². The van der Waals surface area contributed by atoms with E-state index >= 15 is 0 Å². The van der Waals surface area contributed by atoms with Gasteiger partial charge in [0.05, 0.1) is 12.1 Å². The van der Waals surface area contributed by atoms with Gasteiger partial charge in [-0.2, -0.15) is 0 Å². The van der Waals surface area contributed by atoms with Crippen molar-refractivity contribution < 1.29 is 13.6 Å². The van der Waals surface area contributed by atoms with Crippen LogP contribution in [0.5, 0.6) is 0 Å². The molecule has 0 radical (unpaired) electrons. The van der Waals surface area contributed by atoms with Gasteiger partial charge in [0.15, 0.2) is 0 Å². The van der Waals surface area contributed by atoms with Gasteiger partial charge in [0.2, 0.25) is 11.8 Å². The summed E-state index contributed by atoms with van der Waals surface area (Å²) in [6, 6.07) is 0. The second kappa shape index (κ2) is 6.58. The number of carbonyl (C=O) groups excluding carboxylic acids is 1. The number of hydrogen-bond acceptors (Lipinski definition) is 4. The van der Waals surface area contributed by atoms with Gasteiger partial charge in [-0.1, -0.05) is 0 Å². The summed E-state index contributed by atoms with van der Waals surface area (Å²) in [5.41, 5.74) is 1.77. The zero-order chi connectivity index (χ0) is 17.5. The lowest BCUT2D eigenvalue weighted by Crippen LogP contribution is -2.46. The summed E-state index contributed by atoms with van der Waals surface area (Å²) in [6.07, 6.45) is 6.53. The first kappa shape index (κ1) is 17.3. The SMILES string of the molecule is O=C1CC[C@]2(CCCN(CC3CC(F)(F)C3)CC2)N1Cc1cncs1. The topological polar surface area (TPSA) is 36.4 Å². The minimum absolute atomic E-state index is 0.0423. The number of amides is 1. The molecule has 0 unspecified atom stereocenters. The number of alkyl halides is 2. The summed E-state index contributed by atoms with van der Waals surface area (Å²) in [5, 5.41) is 0. The van der Waals surface area contributed by atoms with E-state index in [1.54, 1.807) is 11.3 Å². The van der Waals surface area contributed by atoms with Crippen molar-refractivity contribution in [2.24, 2.45) is 5.92 Å². The highest BCUT2D eigenvalue weighted by Crippen LogP contribution is 2.44. The van der Waals surface area contributed by atoms with Gasteiger partial charge in [-0.3, -0.25) is 9.78 Å². The number of carbonyl (C=O) groups is 1. The van der Waals surface area contributed by atoms with Crippen molar-refractivity contribution in [2.75, 3.05) is 19.6 Å². The standard InChI is InChI=1S/C18H25F2N3OS/c19-18(20)8-14(9-18)11-22-6-1-3-17(5-7-22)4-2-16(24)23(17)12-15-10-21-13-25-15/h10,13-14H,1-9,11-12H2/t17-/m0/s1. The molecule has 1 aromatic rings. The van der Waals surface area contributed by atoms with Crippen molar-refractivity contribution in [3.8, 4) is 0 Å². The molecule has 1 amide bonds. The molecular formula is C18H25F2N3OS. The van der Waals surface area contributed by atoms with E-state index in [2.05, 4.69) is 14.8 Å². The highest BCUT2D eigenvalue weighted by atomic mass is 32.1. The molecule has 138 valence electrons. The van der Waals surface area contributed by atoms with E-state index in [1.807, 2.05) is 11.7 Å². The van der Waals surface area contributed by atoms with Crippen molar-refractivity contribution >= 4 is 17.2 Å². The Morgan fingerprint density at radius 2 is 2.08 bits per heavy atom. The number of halogens is 2. The molecular weight excluding hydrogens is 344 g/mol. The summed E-state index contributed by atoms with van der Waals surface area (Å²) in [4.78, 5) is 22.2. The molecule has 1 aliphatic carbocycles. The Hall–Kier alpha value is -1.08. The van der Waals surface area contributed by atoms with E-state index in [9.17, 15) is 13.6 Å². The Labute approximate surface area is 151 Å². The monoisotopic (exact) mass is 369 g/mol. The largest absolute Gasteiger partial charge is 0.332 e. The van der Waals surface area contributed by atoms with E-state index in [0.717, 1.165) is 50.2 Å². The van der Waals surface area contributed by atoms with Crippen LogP contribution in [-0.2, 0) is 11.3 Å². The summed E-state index contributed by atoms with van der Waals surface area (Å²) in [6.45, 7) is 3.33. The van der Waals surface area contributed by atoms with Crippen molar-refractivity contribution in [1.82, 2.24) is 14.8 Å². The lowest BCUT2D eigenvalue weighted by atomic mass is 9.81. The van der Waals surface area contributed by atoms with Gasteiger partial charge in [-0.05, 0) is 38.1 Å². The Kier molecular flexibility index (Phi) is 4.56. The van der Waals surface area contributed by atoms with Crippen LogP contribution in [-0.4, -0.2) is 51.8 Å². The molecule has 25 heavy (non-hydrogen) atoms. The zero-order valence-corrected chi connectivity index (χ0v) is 15.2. The molecule has 1 atom stereocenters. The quantitative estimate of drug-likeness (QED) is 0.815. The minimum atomic E-state index is -2.43. The van der Waals surface area contributed by atoms with Crippen LogP contribution >= 0.6 is 11.3 Å². The third-order valence-electron chi connectivity index (χ3n) is 6.18. The summed E-state index contributed by atoms with van der Waals surface area (Å²) in [5.74, 6) is -2.04. The lowest BCUT2D eigenvalue weighted by molar-refractivity contribution is -0.132. The molecule has 4 nitrogen and oxygen atoms in total. The van der Waals surface area contributed by atoms with Crippen LogP contribution in [0.3, 0.4) is 0 Å². The Morgan fingerprint density at radius 1 is 1.24 bits per heavy atom. The highest BCUT2D eigenvalue weighted by molar-refractivity contribution is 7.09. The van der Waals surface area contributed by atoms with E-state index in [-0.39, 0.29) is 30.2 Å². The first-order chi connectivity index (χ1) is 12.0. The smallest absolute Gasteiger partial charge is 0.248 e. The number of thiazole rings is 1. The molecule has 1 saturated carbocycles. The van der Waals surface area contributed by atoms with Gasteiger partial charge < -0.3 is 9.80 Å². The number of aromatic nitrogens is 1. The van der Waals surface area contributed by atoms with E-state index < -0.39 is 5.92 Å². The summed E-state index contributed by atoms with van der Waals surface area (Å²) in [7, 11) is 0. The fraction of sp³-hybridized carbons (Fsp3) is 0.778. The molecule has 3 heterocycles. The lowest BCUT2D eigenvalue weighted by Gasteiger charge is -2.39. The minimum Gasteiger partial charge on any atom is -0.332 e. The van der Waals surface area contributed by atoms with Crippen molar-refractivity contribution in [1.29, 1.82) is 0 Å². The van der Waals surface area contributed by atoms with Crippen molar-refractivity contribution in [3.05, 3.63) is 16.6 Å². The molecule has 4 rings (SSSR count). The van der Waals surface area contributed by atoms with Crippen LogP contribution in [0, 0.1) is 5.92 Å². The first-order valence-corrected chi connectivity index (χ1v) is 10.1. The van der Waals surface area contributed by atoms with Crippen molar-refractivity contribution in [2.45, 2.75) is 63.0 Å². The maximum Gasteiger partial charge on any atom is 0.248 e. The second-order valence-electron chi connectivity index (χ2n) is 7.96. The van der Waals surface area contributed by atoms with Gasteiger partial charge in [0.25, 0.3) is 0 Å². The van der Waals surface area contributed by atoms with E-state index in [4.69, 9.17) is 0 Å². The molecule has 0 bridgehead atoms. The fourth-order valence-electron chi connectivity index (χ4n) is 4.82. The predicted molar refractivity (Wildman–Crippen MR) is 92.6 cm³/mol. The number of hydrogen-bond donors (Lipinski definition) is 0. The van der Waals surface area contributed by atoms with E-state index in [0.29, 0.717) is 13.0 Å². The number of rotatable bonds is 4. The Balaban J connectivity index is 1.39. The number of nitrogens with zero attached hydrogens (tertiary/aromatic N) is 3. The molecule has 3 aliphatic rings. The molecule has 3 fully saturated rings. The number of likely N-dealkylation sites (tertiary alicyclic amines) is 2. The van der Waals surface area contributed by atoms with Gasteiger partial charge in [-0.15, -0.1) is 11.3 Å². The average molecular weight is 369 g/mol. The summed E-state index contributed by atoms with van der Waals surface area (Å²) < 4.78 is 26.1. The molecule has 0 aromatic carbocycles. The van der Waals surface area contributed by atoms with Gasteiger partial charge >= 0.3 is 0 Å². The average Bonchev–Trinajstić information content (AvgIpc) is 3.09. The van der Waals surface area contributed by atoms with Gasteiger partial charge in [0.1, 0.15) is 0 Å². The van der Waals surface area contributed by atoms with E-state index in [1.165, 1.54) is 0 Å². The van der Waals surface area contributed by atoms with Gasteiger partial charge in [-0.25, -0.2) is 8.78 Å². The van der Waals surface area contributed by atoms with Crippen LogP contribution < -0.4 is 0 Å². The Bertz CT molecular complexity index is 616. The van der Waals surface area contributed by atoms with Crippen LogP contribution in [0.25, 0.3) is 0 Å². The second-order valence-corrected chi connectivity index (χ2v) is 8.93. The highest BCUT2D eigenvalue weighted by Gasteiger charge is 2.48. The molecule has 1 aromatic heterocycles. The normalized spacial score (nSPS) is 30.6. The fourth-order valence-corrected chi connectivity index (χ4v) is 5.40. The third-order valence-corrected chi connectivity index (χ3v) is 6.94. The maximum absolute atomic E-state index is 13.1. The molecule has 1 spiro atoms. The van der Waals surface area contributed by atoms with Crippen LogP contribution in [0.4, 0.5) is 8.78 Å². The zero-order valence-electron chi connectivity index (χ0n) is 14.4. The first-order valence-electron chi connectivity index (χ1n) is 9.24. The molecule has 2 aliphatic heterocycles. The van der Waals surface area contributed by atoms with Crippen LogP contribution in [0.1, 0.15) is 49.8 Å². The molecule has 2 saturated heterocycles. The van der Waals surface area contributed by atoms with Crippen LogP contribution in [0.2, 0.25) is 0 Å². The van der Waals surface area contributed by atoms with Crippen molar-refractivity contribution in [3.63, 3.8) is 0 Å². The maximum atomic E-state index is 13.1. The predicted octanol–water partition coefficient (Wildman–Crippen LogP) is 3.54. The molecule has 7 heteroatoms.